The zero-order chi connectivity index (χ0) is 19.7. The molecule has 0 aliphatic rings. The van der Waals surface area contributed by atoms with Crippen molar-refractivity contribution in [3.8, 4) is 11.5 Å². The van der Waals surface area contributed by atoms with E-state index in [1.807, 2.05) is 69.3 Å². The van der Waals surface area contributed by atoms with E-state index >= 15 is 0 Å². The quantitative estimate of drug-likeness (QED) is 0.606. The van der Waals surface area contributed by atoms with E-state index in [4.69, 9.17) is 21.1 Å². The number of rotatable bonds is 10. The van der Waals surface area contributed by atoms with Crippen LogP contribution in [0.25, 0.3) is 0 Å². The Kier molecular flexibility index (Phi) is 7.95. The summed E-state index contributed by atoms with van der Waals surface area (Å²) in [5, 5.41) is 6.80. The number of ether oxygens (including phenoxy) is 2. The van der Waals surface area contributed by atoms with Crippen molar-refractivity contribution in [3.63, 3.8) is 0 Å². The first-order valence-corrected chi connectivity index (χ1v) is 9.42. The van der Waals surface area contributed by atoms with Gasteiger partial charge < -0.3 is 14.8 Å². The smallest absolute Gasteiger partial charge is 0.234 e. The third-order valence-corrected chi connectivity index (χ3v) is 4.34. The first kappa shape index (κ1) is 21.1. The lowest BCUT2D eigenvalue weighted by Gasteiger charge is -2.26. The van der Waals surface area contributed by atoms with Crippen molar-refractivity contribution < 1.29 is 14.3 Å². The second kappa shape index (κ2) is 10.2. The first-order valence-electron chi connectivity index (χ1n) is 9.04. The SMILES string of the molecule is CCOc1ccc(OCCNC(=O)CNC(C)(C)c2ccc(Cl)cc2)cc1. The lowest BCUT2D eigenvalue weighted by atomic mass is 9.94. The monoisotopic (exact) mass is 390 g/mol. The average Bonchev–Trinajstić information content (AvgIpc) is 2.65. The molecule has 27 heavy (non-hydrogen) atoms. The summed E-state index contributed by atoms with van der Waals surface area (Å²) < 4.78 is 11.0. The molecule has 5 nitrogen and oxygen atoms in total. The average molecular weight is 391 g/mol. The number of nitrogens with one attached hydrogen (secondary N) is 2. The normalized spacial score (nSPS) is 11.1. The minimum absolute atomic E-state index is 0.0765. The highest BCUT2D eigenvalue weighted by Gasteiger charge is 2.20. The van der Waals surface area contributed by atoms with E-state index in [0.29, 0.717) is 24.8 Å². The van der Waals surface area contributed by atoms with E-state index in [0.717, 1.165) is 17.1 Å². The topological polar surface area (TPSA) is 59.6 Å². The molecular formula is C21H27ClN2O3. The fourth-order valence-electron chi connectivity index (χ4n) is 2.49. The van der Waals surface area contributed by atoms with Crippen molar-refractivity contribution in [2.75, 3.05) is 26.3 Å². The molecule has 0 heterocycles. The van der Waals surface area contributed by atoms with E-state index in [-0.39, 0.29) is 18.0 Å². The zero-order valence-corrected chi connectivity index (χ0v) is 16.8. The van der Waals surface area contributed by atoms with E-state index in [2.05, 4.69) is 10.6 Å². The summed E-state index contributed by atoms with van der Waals surface area (Å²) in [6.07, 6.45) is 0. The lowest BCUT2D eigenvalue weighted by molar-refractivity contribution is -0.120. The Hall–Kier alpha value is -2.24. The van der Waals surface area contributed by atoms with Crippen LogP contribution in [-0.2, 0) is 10.3 Å². The predicted octanol–water partition coefficient (Wildman–Crippen LogP) is 3.76. The van der Waals surface area contributed by atoms with E-state index < -0.39 is 0 Å². The van der Waals surface area contributed by atoms with Crippen molar-refractivity contribution in [1.29, 1.82) is 0 Å². The second-order valence-corrected chi connectivity index (χ2v) is 7.02. The first-order chi connectivity index (χ1) is 12.9. The zero-order valence-electron chi connectivity index (χ0n) is 16.0. The highest BCUT2D eigenvalue weighted by Crippen LogP contribution is 2.21. The van der Waals surface area contributed by atoms with Crippen LogP contribution < -0.4 is 20.1 Å². The summed E-state index contributed by atoms with van der Waals surface area (Å²) in [7, 11) is 0. The fraction of sp³-hybridized carbons (Fsp3) is 0.381. The summed E-state index contributed by atoms with van der Waals surface area (Å²) in [4.78, 5) is 12.0. The second-order valence-electron chi connectivity index (χ2n) is 6.59. The molecule has 0 aromatic heterocycles. The molecule has 2 aromatic carbocycles. The Labute approximate surface area is 166 Å². The van der Waals surface area contributed by atoms with Gasteiger partial charge in [0.15, 0.2) is 0 Å². The molecule has 2 rings (SSSR count). The van der Waals surface area contributed by atoms with Crippen LogP contribution in [0.5, 0.6) is 11.5 Å². The highest BCUT2D eigenvalue weighted by atomic mass is 35.5. The van der Waals surface area contributed by atoms with Crippen LogP contribution in [0.1, 0.15) is 26.3 Å². The van der Waals surface area contributed by atoms with Gasteiger partial charge in [0.1, 0.15) is 18.1 Å². The van der Waals surface area contributed by atoms with Crippen molar-refractivity contribution in [1.82, 2.24) is 10.6 Å². The summed E-state index contributed by atoms with van der Waals surface area (Å²) >= 11 is 5.92. The minimum atomic E-state index is -0.333. The summed E-state index contributed by atoms with van der Waals surface area (Å²) in [6, 6.07) is 15.0. The number of amides is 1. The maximum absolute atomic E-state index is 12.0. The molecule has 0 atom stereocenters. The Balaban J connectivity index is 1.67. The van der Waals surface area contributed by atoms with E-state index in [1.165, 1.54) is 0 Å². The predicted molar refractivity (Wildman–Crippen MR) is 109 cm³/mol. The van der Waals surface area contributed by atoms with Gasteiger partial charge in [0, 0.05) is 10.6 Å². The summed E-state index contributed by atoms with van der Waals surface area (Å²) in [5.41, 5.74) is 0.735. The maximum atomic E-state index is 12.0. The molecule has 2 N–H and O–H groups in total. The van der Waals surface area contributed by atoms with Gasteiger partial charge >= 0.3 is 0 Å². The molecule has 146 valence electrons. The Morgan fingerprint density at radius 2 is 1.59 bits per heavy atom. The lowest BCUT2D eigenvalue weighted by Crippen LogP contribution is -2.44. The Morgan fingerprint density at radius 1 is 1.00 bits per heavy atom. The number of carbonyl (C=O) groups is 1. The van der Waals surface area contributed by atoms with Crippen molar-refractivity contribution in [2.45, 2.75) is 26.3 Å². The molecule has 2 aromatic rings. The molecule has 0 bridgehead atoms. The Bertz CT molecular complexity index is 715. The van der Waals surface area contributed by atoms with Gasteiger partial charge in [-0.2, -0.15) is 0 Å². The van der Waals surface area contributed by atoms with Gasteiger partial charge in [-0.05, 0) is 62.7 Å². The van der Waals surface area contributed by atoms with Crippen LogP contribution in [0.2, 0.25) is 5.02 Å². The highest BCUT2D eigenvalue weighted by molar-refractivity contribution is 6.30. The largest absolute Gasteiger partial charge is 0.494 e. The van der Waals surface area contributed by atoms with Gasteiger partial charge in [0.25, 0.3) is 0 Å². The number of carbonyl (C=O) groups excluding carboxylic acids is 1. The third kappa shape index (κ3) is 7.12. The molecule has 0 saturated carbocycles. The number of hydrogen-bond donors (Lipinski definition) is 2. The minimum Gasteiger partial charge on any atom is -0.494 e. The van der Waals surface area contributed by atoms with Crippen LogP contribution in [0.3, 0.4) is 0 Å². The molecule has 0 unspecified atom stereocenters. The van der Waals surface area contributed by atoms with Gasteiger partial charge in [0.2, 0.25) is 5.91 Å². The summed E-state index contributed by atoms with van der Waals surface area (Å²) in [5.74, 6) is 1.48. The molecule has 0 spiro atoms. The van der Waals surface area contributed by atoms with Crippen LogP contribution in [0.15, 0.2) is 48.5 Å². The van der Waals surface area contributed by atoms with Gasteiger partial charge in [-0.15, -0.1) is 0 Å². The maximum Gasteiger partial charge on any atom is 0.234 e. The van der Waals surface area contributed by atoms with Crippen molar-refractivity contribution >= 4 is 17.5 Å². The Morgan fingerprint density at radius 3 is 2.19 bits per heavy atom. The molecule has 1 amide bonds. The van der Waals surface area contributed by atoms with Gasteiger partial charge in [0.05, 0.1) is 19.7 Å². The fourth-order valence-corrected chi connectivity index (χ4v) is 2.62. The molecule has 0 fully saturated rings. The van der Waals surface area contributed by atoms with Gasteiger partial charge in [-0.25, -0.2) is 0 Å². The van der Waals surface area contributed by atoms with Gasteiger partial charge in [-0.3, -0.25) is 10.1 Å². The molecule has 6 heteroatoms. The van der Waals surface area contributed by atoms with Crippen molar-refractivity contribution in [3.05, 3.63) is 59.1 Å². The molecule has 0 saturated heterocycles. The van der Waals surface area contributed by atoms with Crippen LogP contribution in [0.4, 0.5) is 0 Å². The number of benzene rings is 2. The van der Waals surface area contributed by atoms with Crippen LogP contribution in [-0.4, -0.2) is 32.2 Å². The van der Waals surface area contributed by atoms with Crippen LogP contribution in [0, 0.1) is 0 Å². The third-order valence-electron chi connectivity index (χ3n) is 4.08. The molecule has 0 aliphatic carbocycles. The molecule has 0 aliphatic heterocycles. The standard InChI is InChI=1S/C21H27ClN2O3/c1-4-26-18-9-11-19(12-10-18)27-14-13-23-20(25)15-24-21(2,3)16-5-7-17(22)8-6-16/h5-12,24H,4,13-15H2,1-3H3,(H,23,25). The molecule has 0 radical (unpaired) electrons. The van der Waals surface area contributed by atoms with Crippen LogP contribution >= 0.6 is 11.6 Å². The van der Waals surface area contributed by atoms with Gasteiger partial charge in [-0.1, -0.05) is 23.7 Å². The number of hydrogen-bond acceptors (Lipinski definition) is 4. The van der Waals surface area contributed by atoms with E-state index in [9.17, 15) is 4.79 Å². The summed E-state index contributed by atoms with van der Waals surface area (Å²) in [6.45, 7) is 7.69. The van der Waals surface area contributed by atoms with E-state index in [1.54, 1.807) is 0 Å². The van der Waals surface area contributed by atoms with Crippen molar-refractivity contribution in [2.24, 2.45) is 0 Å². The number of halogens is 1. The molecular weight excluding hydrogens is 364 g/mol.